The lowest BCUT2D eigenvalue weighted by atomic mass is 10.0. The van der Waals surface area contributed by atoms with Crippen LogP contribution in [0.15, 0.2) is 30.3 Å². The van der Waals surface area contributed by atoms with Crippen molar-refractivity contribution >= 4 is 29.6 Å². The van der Waals surface area contributed by atoms with Crippen LogP contribution in [0.2, 0.25) is 0 Å². The highest BCUT2D eigenvalue weighted by atomic mass is 16.4. The van der Waals surface area contributed by atoms with Gasteiger partial charge in [0.2, 0.25) is 23.6 Å². The van der Waals surface area contributed by atoms with Gasteiger partial charge < -0.3 is 42.7 Å². The van der Waals surface area contributed by atoms with Crippen molar-refractivity contribution in [2.24, 2.45) is 11.5 Å². The van der Waals surface area contributed by atoms with E-state index >= 15 is 0 Å². The lowest BCUT2D eigenvalue weighted by molar-refractivity contribution is -0.143. The molecule has 0 saturated carbocycles. The van der Waals surface area contributed by atoms with Crippen molar-refractivity contribution in [3.05, 3.63) is 35.9 Å². The Hall–Kier alpha value is -3.55. The van der Waals surface area contributed by atoms with E-state index in [-0.39, 0.29) is 19.3 Å². The van der Waals surface area contributed by atoms with Crippen LogP contribution in [-0.2, 0) is 30.4 Å². The minimum absolute atomic E-state index is 0.0389. The van der Waals surface area contributed by atoms with E-state index in [0.717, 1.165) is 0 Å². The number of aliphatic hydroxyl groups is 2. The minimum Gasteiger partial charge on any atom is -0.480 e. The molecule has 1 rings (SSSR count). The zero-order valence-corrected chi connectivity index (χ0v) is 17.8. The summed E-state index contributed by atoms with van der Waals surface area (Å²) in [7, 11) is 0. The molecule has 0 aliphatic rings. The van der Waals surface area contributed by atoms with Crippen LogP contribution < -0.4 is 27.4 Å². The van der Waals surface area contributed by atoms with Crippen LogP contribution in [0.25, 0.3) is 0 Å². The quantitative estimate of drug-likeness (QED) is 0.134. The van der Waals surface area contributed by atoms with Crippen LogP contribution in [0.1, 0.15) is 18.4 Å². The Morgan fingerprint density at radius 3 is 1.88 bits per heavy atom. The number of hydrogen-bond acceptors (Lipinski definition) is 8. The molecule has 4 unspecified atom stereocenters. The fourth-order valence-corrected chi connectivity index (χ4v) is 2.71. The van der Waals surface area contributed by atoms with Gasteiger partial charge in [-0.2, -0.15) is 0 Å². The van der Waals surface area contributed by atoms with E-state index in [1.54, 1.807) is 30.3 Å². The molecule has 182 valence electrons. The Balaban J connectivity index is 3.08. The van der Waals surface area contributed by atoms with E-state index in [0.29, 0.717) is 5.56 Å². The lowest BCUT2D eigenvalue weighted by Crippen LogP contribution is -2.58. The van der Waals surface area contributed by atoms with Crippen molar-refractivity contribution < 1.29 is 39.3 Å². The molecule has 0 saturated heterocycles. The van der Waals surface area contributed by atoms with E-state index in [1.165, 1.54) is 0 Å². The Morgan fingerprint density at radius 2 is 1.36 bits per heavy atom. The van der Waals surface area contributed by atoms with Gasteiger partial charge in [-0.3, -0.25) is 19.2 Å². The van der Waals surface area contributed by atoms with Gasteiger partial charge in [-0.1, -0.05) is 30.3 Å². The number of amides is 4. The third kappa shape index (κ3) is 9.64. The molecule has 4 amide bonds. The van der Waals surface area contributed by atoms with Gasteiger partial charge in [0.25, 0.3) is 0 Å². The summed E-state index contributed by atoms with van der Waals surface area (Å²) in [6, 6.07) is 2.98. The fourth-order valence-electron chi connectivity index (χ4n) is 2.71. The zero-order chi connectivity index (χ0) is 25.0. The molecule has 0 fully saturated rings. The monoisotopic (exact) mass is 467 g/mol. The van der Waals surface area contributed by atoms with Crippen molar-refractivity contribution in [1.82, 2.24) is 16.0 Å². The summed E-state index contributed by atoms with van der Waals surface area (Å²) in [6.07, 6.45) is -0.518. The molecule has 0 bridgehead atoms. The second-order valence-corrected chi connectivity index (χ2v) is 7.19. The van der Waals surface area contributed by atoms with Crippen molar-refractivity contribution in [1.29, 1.82) is 0 Å². The Morgan fingerprint density at radius 1 is 0.818 bits per heavy atom. The summed E-state index contributed by atoms with van der Waals surface area (Å²) in [5.74, 6) is -4.82. The van der Waals surface area contributed by atoms with Gasteiger partial charge in [0, 0.05) is 12.8 Å². The number of rotatable bonds is 14. The molecule has 0 aromatic heterocycles. The molecule has 1 aromatic rings. The molecule has 0 heterocycles. The SMILES string of the molecule is NC(=O)CCC(NC(=O)C(N)CO)C(=O)NC(Cc1ccccc1)C(=O)NC(CO)C(=O)O. The van der Waals surface area contributed by atoms with Gasteiger partial charge in [-0.15, -0.1) is 0 Å². The molecule has 0 aliphatic heterocycles. The number of carbonyl (C=O) groups is 5. The highest BCUT2D eigenvalue weighted by Crippen LogP contribution is 2.06. The predicted molar refractivity (Wildman–Crippen MR) is 114 cm³/mol. The topological polar surface area (TPSA) is 234 Å². The second-order valence-electron chi connectivity index (χ2n) is 7.19. The van der Waals surface area contributed by atoms with Crippen LogP contribution in [-0.4, -0.2) is 82.3 Å². The highest BCUT2D eigenvalue weighted by Gasteiger charge is 2.30. The number of primary amides is 1. The first-order valence-electron chi connectivity index (χ1n) is 10.0. The second kappa shape index (κ2) is 13.8. The van der Waals surface area contributed by atoms with E-state index in [1.807, 2.05) is 0 Å². The molecule has 13 nitrogen and oxygen atoms in total. The van der Waals surface area contributed by atoms with Crippen LogP contribution >= 0.6 is 0 Å². The van der Waals surface area contributed by atoms with E-state index in [9.17, 15) is 29.1 Å². The number of carboxylic acids is 1. The van der Waals surface area contributed by atoms with Crippen LogP contribution in [0.4, 0.5) is 0 Å². The van der Waals surface area contributed by atoms with Crippen molar-refractivity contribution in [3.63, 3.8) is 0 Å². The third-order valence-electron chi connectivity index (χ3n) is 4.56. The number of aliphatic hydroxyl groups excluding tert-OH is 2. The summed E-state index contributed by atoms with van der Waals surface area (Å²) in [5, 5.41) is 34.1. The first kappa shape index (κ1) is 27.5. The predicted octanol–water partition coefficient (Wildman–Crippen LogP) is -3.65. The van der Waals surface area contributed by atoms with Gasteiger partial charge in [-0.05, 0) is 12.0 Å². The Bertz CT molecular complexity index is 835. The standard InChI is InChI=1S/C20H29N5O8/c21-12(9-26)17(29)23-13(6-7-16(22)28)18(30)24-14(8-11-4-2-1-3-5-11)19(31)25-15(10-27)20(32)33/h1-5,12-15,26-27H,6-10,21H2,(H2,22,28)(H,23,29)(H,24,30)(H,25,31)(H,32,33). The molecule has 0 spiro atoms. The van der Waals surface area contributed by atoms with Crippen LogP contribution in [0.5, 0.6) is 0 Å². The van der Waals surface area contributed by atoms with Gasteiger partial charge in [0.15, 0.2) is 0 Å². The maximum absolute atomic E-state index is 12.9. The zero-order valence-electron chi connectivity index (χ0n) is 17.8. The van der Waals surface area contributed by atoms with Gasteiger partial charge in [0.05, 0.1) is 13.2 Å². The lowest BCUT2D eigenvalue weighted by Gasteiger charge is -2.24. The number of hydrogen-bond donors (Lipinski definition) is 8. The maximum atomic E-state index is 12.9. The van der Waals surface area contributed by atoms with Crippen molar-refractivity contribution in [2.45, 2.75) is 43.4 Å². The van der Waals surface area contributed by atoms with E-state index in [2.05, 4.69) is 16.0 Å². The smallest absolute Gasteiger partial charge is 0.328 e. The van der Waals surface area contributed by atoms with E-state index < -0.39 is 67.0 Å². The van der Waals surface area contributed by atoms with Crippen molar-refractivity contribution in [3.8, 4) is 0 Å². The maximum Gasteiger partial charge on any atom is 0.328 e. The number of benzene rings is 1. The number of carbonyl (C=O) groups excluding carboxylic acids is 4. The number of aliphatic carboxylic acids is 1. The number of carboxylic acid groups (broad SMARTS) is 1. The summed E-state index contributed by atoms with van der Waals surface area (Å²) in [5.41, 5.74) is 11.2. The molecule has 0 aliphatic carbocycles. The first-order valence-corrected chi connectivity index (χ1v) is 10.0. The average molecular weight is 467 g/mol. The molecule has 33 heavy (non-hydrogen) atoms. The van der Waals surface area contributed by atoms with Crippen molar-refractivity contribution in [2.75, 3.05) is 13.2 Å². The third-order valence-corrected chi connectivity index (χ3v) is 4.56. The minimum atomic E-state index is -1.60. The van der Waals surface area contributed by atoms with Gasteiger partial charge in [0.1, 0.15) is 24.2 Å². The summed E-state index contributed by atoms with van der Waals surface area (Å²) in [4.78, 5) is 59.9. The fraction of sp³-hybridized carbons (Fsp3) is 0.450. The molecular weight excluding hydrogens is 438 g/mol. The number of nitrogens with one attached hydrogen (secondary N) is 3. The molecule has 1 aromatic carbocycles. The largest absolute Gasteiger partial charge is 0.480 e. The molecule has 13 heteroatoms. The summed E-state index contributed by atoms with van der Waals surface area (Å²) < 4.78 is 0. The Labute approximate surface area is 189 Å². The highest BCUT2D eigenvalue weighted by molar-refractivity contribution is 5.94. The number of nitrogens with two attached hydrogens (primary N) is 2. The summed E-state index contributed by atoms with van der Waals surface area (Å²) in [6.45, 7) is -1.56. The van der Waals surface area contributed by atoms with Crippen LogP contribution in [0, 0.1) is 0 Å². The average Bonchev–Trinajstić information content (AvgIpc) is 2.78. The molecule has 10 N–H and O–H groups in total. The van der Waals surface area contributed by atoms with Gasteiger partial charge in [-0.25, -0.2) is 4.79 Å². The molecule has 0 radical (unpaired) electrons. The van der Waals surface area contributed by atoms with Gasteiger partial charge >= 0.3 is 5.97 Å². The molecule has 4 atom stereocenters. The Kier molecular flexibility index (Phi) is 11.5. The van der Waals surface area contributed by atoms with E-state index in [4.69, 9.17) is 21.7 Å². The summed E-state index contributed by atoms with van der Waals surface area (Å²) >= 11 is 0. The molecular formula is C20H29N5O8. The normalized spacial score (nSPS) is 14.3. The first-order chi connectivity index (χ1) is 15.6. The van der Waals surface area contributed by atoms with Crippen LogP contribution in [0.3, 0.4) is 0 Å².